The van der Waals surface area contributed by atoms with Crippen LogP contribution in [0.3, 0.4) is 0 Å². The Morgan fingerprint density at radius 3 is 2.77 bits per heavy atom. The first-order chi connectivity index (χ1) is 12.7. The summed E-state index contributed by atoms with van der Waals surface area (Å²) in [5.41, 5.74) is 4.68. The molecule has 4 rings (SSSR count). The lowest BCUT2D eigenvalue weighted by Crippen LogP contribution is -2.14. The summed E-state index contributed by atoms with van der Waals surface area (Å²) in [7, 11) is 0. The molecule has 6 nitrogen and oxygen atoms in total. The molecule has 130 valence electrons. The predicted octanol–water partition coefficient (Wildman–Crippen LogP) is 3.07. The van der Waals surface area contributed by atoms with Gasteiger partial charge >= 0.3 is 0 Å². The molecule has 1 aromatic carbocycles. The summed E-state index contributed by atoms with van der Waals surface area (Å²) >= 11 is 0. The van der Waals surface area contributed by atoms with E-state index in [9.17, 15) is 4.79 Å². The molecule has 26 heavy (non-hydrogen) atoms. The molecule has 0 saturated heterocycles. The number of nitrogens with zero attached hydrogens (tertiary/aromatic N) is 4. The molecule has 0 fully saturated rings. The number of imidazole rings is 1. The maximum Gasteiger partial charge on any atom is 0.228 e. The summed E-state index contributed by atoms with van der Waals surface area (Å²) in [6, 6.07) is 13.9. The van der Waals surface area contributed by atoms with Gasteiger partial charge in [0, 0.05) is 18.6 Å². The number of nitrogens with one attached hydrogen (secondary N) is 1. The summed E-state index contributed by atoms with van der Waals surface area (Å²) in [4.78, 5) is 16.7. The van der Waals surface area contributed by atoms with Crippen LogP contribution in [0, 0.1) is 6.92 Å². The number of carbonyl (C=O) groups is 1. The minimum atomic E-state index is -0.0545. The number of pyridine rings is 1. The van der Waals surface area contributed by atoms with Crippen LogP contribution in [0.1, 0.15) is 16.8 Å². The molecule has 6 heteroatoms. The molecule has 0 saturated carbocycles. The van der Waals surface area contributed by atoms with Crippen molar-refractivity contribution in [3.8, 4) is 0 Å². The molecule has 0 spiro atoms. The molecule has 1 N–H and O–H groups in total. The molecular weight excluding hydrogens is 326 g/mol. The maximum absolute atomic E-state index is 12.2. The number of carbonyl (C=O) groups excluding carboxylic acids is 1. The minimum absolute atomic E-state index is 0.0545. The van der Waals surface area contributed by atoms with Crippen LogP contribution in [0.5, 0.6) is 0 Å². The van der Waals surface area contributed by atoms with Gasteiger partial charge in [-0.25, -0.2) is 4.98 Å². The van der Waals surface area contributed by atoms with Crippen molar-refractivity contribution < 1.29 is 4.79 Å². The van der Waals surface area contributed by atoms with Gasteiger partial charge < -0.3 is 9.72 Å². The van der Waals surface area contributed by atoms with E-state index in [-0.39, 0.29) is 5.91 Å². The standard InChI is InChI=1S/C20H19N5O/c1-15-5-7-16(8-6-15)10-20(26)23-17-11-21-25(13-17)14-18-12-24-9-3-2-4-19(24)22-18/h2-9,11-13H,10,14H2,1H3,(H,23,26). The van der Waals surface area contributed by atoms with Gasteiger partial charge in [0.1, 0.15) is 5.65 Å². The van der Waals surface area contributed by atoms with Crippen LogP contribution >= 0.6 is 0 Å². The number of rotatable bonds is 5. The first-order valence-electron chi connectivity index (χ1n) is 8.46. The van der Waals surface area contributed by atoms with Crippen molar-refractivity contribution in [2.75, 3.05) is 5.32 Å². The van der Waals surface area contributed by atoms with Crippen molar-refractivity contribution in [1.29, 1.82) is 0 Å². The Bertz CT molecular complexity index is 1010. The summed E-state index contributed by atoms with van der Waals surface area (Å²) in [5.74, 6) is -0.0545. The number of aryl methyl sites for hydroxylation is 1. The van der Waals surface area contributed by atoms with E-state index in [0.717, 1.165) is 16.9 Å². The van der Waals surface area contributed by atoms with E-state index in [1.54, 1.807) is 10.9 Å². The predicted molar refractivity (Wildman–Crippen MR) is 100 cm³/mol. The Hall–Kier alpha value is -3.41. The lowest BCUT2D eigenvalue weighted by molar-refractivity contribution is -0.115. The third-order valence-electron chi connectivity index (χ3n) is 4.14. The van der Waals surface area contributed by atoms with E-state index in [1.807, 2.05) is 72.4 Å². The smallest absolute Gasteiger partial charge is 0.228 e. The third kappa shape index (κ3) is 3.64. The van der Waals surface area contributed by atoms with Crippen molar-refractivity contribution >= 4 is 17.2 Å². The molecule has 0 radical (unpaired) electrons. The minimum Gasteiger partial charge on any atom is -0.323 e. The fourth-order valence-corrected chi connectivity index (χ4v) is 2.84. The molecule has 0 bridgehead atoms. The van der Waals surface area contributed by atoms with Crippen LogP contribution in [0.4, 0.5) is 5.69 Å². The molecule has 3 heterocycles. The Balaban J connectivity index is 1.39. The van der Waals surface area contributed by atoms with Crippen molar-refractivity contribution in [3.63, 3.8) is 0 Å². The SMILES string of the molecule is Cc1ccc(CC(=O)Nc2cnn(Cc3cn4ccccc4n3)c2)cc1. The first kappa shape index (κ1) is 16.1. The van der Waals surface area contributed by atoms with E-state index < -0.39 is 0 Å². The molecule has 0 aliphatic heterocycles. The lowest BCUT2D eigenvalue weighted by atomic mass is 10.1. The molecule has 0 aliphatic rings. The van der Waals surface area contributed by atoms with Gasteiger partial charge in [0.2, 0.25) is 5.91 Å². The molecule has 0 atom stereocenters. The Labute approximate surface area is 151 Å². The lowest BCUT2D eigenvalue weighted by Gasteiger charge is -2.03. The van der Waals surface area contributed by atoms with Gasteiger partial charge in [-0.2, -0.15) is 5.10 Å². The molecule has 3 aromatic heterocycles. The van der Waals surface area contributed by atoms with E-state index in [1.165, 1.54) is 5.56 Å². The van der Waals surface area contributed by atoms with E-state index in [2.05, 4.69) is 15.4 Å². The maximum atomic E-state index is 12.2. The molecule has 1 amide bonds. The highest BCUT2D eigenvalue weighted by molar-refractivity contribution is 5.91. The van der Waals surface area contributed by atoms with Crippen LogP contribution in [0.25, 0.3) is 5.65 Å². The van der Waals surface area contributed by atoms with Crippen molar-refractivity contribution in [2.24, 2.45) is 0 Å². The van der Waals surface area contributed by atoms with Gasteiger partial charge in [-0.1, -0.05) is 35.9 Å². The van der Waals surface area contributed by atoms with Gasteiger partial charge in [-0.3, -0.25) is 9.48 Å². The van der Waals surface area contributed by atoms with E-state index in [4.69, 9.17) is 0 Å². The zero-order chi connectivity index (χ0) is 17.9. The largest absolute Gasteiger partial charge is 0.323 e. The zero-order valence-electron chi connectivity index (χ0n) is 14.5. The highest BCUT2D eigenvalue weighted by atomic mass is 16.1. The Morgan fingerprint density at radius 2 is 1.96 bits per heavy atom. The zero-order valence-corrected chi connectivity index (χ0v) is 14.5. The topological polar surface area (TPSA) is 64.2 Å². The fraction of sp³-hybridized carbons (Fsp3) is 0.150. The number of anilines is 1. The average Bonchev–Trinajstić information content (AvgIpc) is 3.23. The second kappa shape index (κ2) is 6.84. The summed E-state index contributed by atoms with van der Waals surface area (Å²) < 4.78 is 3.74. The van der Waals surface area contributed by atoms with Gasteiger partial charge in [-0.05, 0) is 24.6 Å². The Morgan fingerprint density at radius 1 is 1.12 bits per heavy atom. The molecule has 0 unspecified atom stereocenters. The first-order valence-corrected chi connectivity index (χ1v) is 8.46. The summed E-state index contributed by atoms with van der Waals surface area (Å²) in [6.07, 6.45) is 7.76. The number of amides is 1. The highest BCUT2D eigenvalue weighted by Crippen LogP contribution is 2.11. The van der Waals surface area contributed by atoms with Crippen LogP contribution in [0.15, 0.2) is 67.3 Å². The number of hydrogen-bond acceptors (Lipinski definition) is 3. The van der Waals surface area contributed by atoms with Gasteiger partial charge in [-0.15, -0.1) is 0 Å². The van der Waals surface area contributed by atoms with E-state index >= 15 is 0 Å². The van der Waals surface area contributed by atoms with Crippen LogP contribution in [-0.2, 0) is 17.8 Å². The Kier molecular flexibility index (Phi) is 4.23. The van der Waals surface area contributed by atoms with Gasteiger partial charge in [0.15, 0.2) is 0 Å². The average molecular weight is 345 g/mol. The molecule has 0 aliphatic carbocycles. The second-order valence-corrected chi connectivity index (χ2v) is 6.34. The number of benzene rings is 1. The normalized spacial score (nSPS) is 11.0. The third-order valence-corrected chi connectivity index (χ3v) is 4.14. The molecule has 4 aromatic rings. The van der Waals surface area contributed by atoms with Crippen molar-refractivity contribution in [2.45, 2.75) is 19.9 Å². The quantitative estimate of drug-likeness (QED) is 0.605. The number of fused-ring (bicyclic) bond motifs is 1. The van der Waals surface area contributed by atoms with Crippen molar-refractivity contribution in [3.05, 3.63) is 84.1 Å². The van der Waals surface area contributed by atoms with Gasteiger partial charge in [0.25, 0.3) is 0 Å². The number of aromatic nitrogens is 4. The fourth-order valence-electron chi connectivity index (χ4n) is 2.84. The number of hydrogen-bond donors (Lipinski definition) is 1. The van der Waals surface area contributed by atoms with Crippen LogP contribution in [-0.4, -0.2) is 25.1 Å². The second-order valence-electron chi connectivity index (χ2n) is 6.34. The van der Waals surface area contributed by atoms with E-state index in [0.29, 0.717) is 18.7 Å². The van der Waals surface area contributed by atoms with Gasteiger partial charge in [0.05, 0.1) is 30.5 Å². The van der Waals surface area contributed by atoms with Crippen LogP contribution < -0.4 is 5.32 Å². The molecular formula is C20H19N5O. The van der Waals surface area contributed by atoms with Crippen molar-refractivity contribution in [1.82, 2.24) is 19.2 Å². The summed E-state index contributed by atoms with van der Waals surface area (Å²) in [6.45, 7) is 2.58. The van der Waals surface area contributed by atoms with Crippen LogP contribution in [0.2, 0.25) is 0 Å². The monoisotopic (exact) mass is 345 g/mol. The summed E-state index contributed by atoms with van der Waals surface area (Å²) in [5, 5.41) is 7.20. The highest BCUT2D eigenvalue weighted by Gasteiger charge is 2.07.